The van der Waals surface area contributed by atoms with E-state index >= 15 is 0 Å². The molecule has 3 nitrogen and oxygen atoms in total. The summed E-state index contributed by atoms with van der Waals surface area (Å²) in [5, 5.41) is 11.4. The molecular formula is C17H23N3S2. The van der Waals surface area contributed by atoms with Crippen LogP contribution >= 0.6 is 22.7 Å². The summed E-state index contributed by atoms with van der Waals surface area (Å²) in [5.41, 5.74) is 2.91. The van der Waals surface area contributed by atoms with Crippen LogP contribution in [0.3, 0.4) is 0 Å². The van der Waals surface area contributed by atoms with Gasteiger partial charge in [-0.2, -0.15) is 11.3 Å². The second-order valence-electron chi connectivity index (χ2n) is 6.54. The zero-order valence-electron chi connectivity index (χ0n) is 12.9. The van der Waals surface area contributed by atoms with E-state index < -0.39 is 0 Å². The van der Waals surface area contributed by atoms with Crippen molar-refractivity contribution in [3.63, 3.8) is 0 Å². The van der Waals surface area contributed by atoms with Crippen LogP contribution in [-0.2, 0) is 6.54 Å². The minimum absolute atomic E-state index is 0.392. The number of rotatable bonds is 3. The molecule has 0 atom stereocenters. The van der Waals surface area contributed by atoms with Crippen LogP contribution in [0.25, 0.3) is 10.6 Å². The molecule has 0 bridgehead atoms. The molecule has 22 heavy (non-hydrogen) atoms. The van der Waals surface area contributed by atoms with E-state index in [4.69, 9.17) is 4.98 Å². The molecule has 1 aliphatic heterocycles. The number of nitrogens with one attached hydrogen (secondary N) is 1. The quantitative estimate of drug-likeness (QED) is 0.921. The Morgan fingerprint density at radius 1 is 1.23 bits per heavy atom. The maximum absolute atomic E-state index is 4.89. The lowest BCUT2D eigenvalue weighted by Crippen LogP contribution is -2.61. The summed E-state index contributed by atoms with van der Waals surface area (Å²) in [6.07, 6.45) is 6.88. The molecule has 4 rings (SSSR count). The first-order valence-corrected chi connectivity index (χ1v) is 10.1. The highest BCUT2D eigenvalue weighted by atomic mass is 32.1. The molecule has 1 saturated carbocycles. The summed E-state index contributed by atoms with van der Waals surface area (Å²) < 4.78 is 0. The molecule has 1 N–H and O–H groups in total. The lowest BCUT2D eigenvalue weighted by Gasteiger charge is -2.49. The van der Waals surface area contributed by atoms with Gasteiger partial charge in [0, 0.05) is 48.0 Å². The van der Waals surface area contributed by atoms with Gasteiger partial charge in [0.2, 0.25) is 0 Å². The van der Waals surface area contributed by atoms with Crippen molar-refractivity contribution in [1.29, 1.82) is 0 Å². The molecule has 5 heteroatoms. The van der Waals surface area contributed by atoms with Crippen molar-refractivity contribution in [3.8, 4) is 10.6 Å². The minimum atomic E-state index is 0.392. The maximum atomic E-state index is 4.89. The Bertz CT molecular complexity index is 591. The Kier molecular flexibility index (Phi) is 4.31. The predicted molar refractivity (Wildman–Crippen MR) is 94.5 cm³/mol. The molecule has 2 fully saturated rings. The number of thiazole rings is 1. The SMILES string of the molecule is c1cc(-c2nc(CN3CCNCC34CCCCC4)cs2)cs1. The third-order valence-corrected chi connectivity index (χ3v) is 6.76. The van der Waals surface area contributed by atoms with E-state index in [-0.39, 0.29) is 0 Å². The van der Waals surface area contributed by atoms with Gasteiger partial charge in [0.1, 0.15) is 5.01 Å². The first kappa shape index (κ1) is 14.8. The Morgan fingerprint density at radius 2 is 2.14 bits per heavy atom. The van der Waals surface area contributed by atoms with E-state index in [9.17, 15) is 0 Å². The molecule has 1 spiro atoms. The van der Waals surface area contributed by atoms with Gasteiger partial charge in [-0.05, 0) is 24.3 Å². The fourth-order valence-corrected chi connectivity index (χ4v) is 5.45. The second-order valence-corrected chi connectivity index (χ2v) is 8.18. The van der Waals surface area contributed by atoms with E-state index in [1.165, 1.54) is 48.4 Å². The molecule has 0 radical (unpaired) electrons. The average molecular weight is 334 g/mol. The molecular weight excluding hydrogens is 310 g/mol. The first-order chi connectivity index (χ1) is 10.9. The molecule has 2 aromatic heterocycles. The van der Waals surface area contributed by atoms with Gasteiger partial charge in [-0.15, -0.1) is 11.3 Å². The smallest absolute Gasteiger partial charge is 0.124 e. The van der Waals surface area contributed by atoms with E-state index in [0.717, 1.165) is 26.2 Å². The summed E-state index contributed by atoms with van der Waals surface area (Å²) in [6.45, 7) is 4.45. The van der Waals surface area contributed by atoms with Gasteiger partial charge in [-0.3, -0.25) is 4.90 Å². The Labute approximate surface area is 140 Å². The summed E-state index contributed by atoms with van der Waals surface area (Å²) >= 11 is 3.53. The molecule has 2 aliphatic rings. The van der Waals surface area contributed by atoms with Gasteiger partial charge in [0.25, 0.3) is 0 Å². The monoisotopic (exact) mass is 333 g/mol. The highest BCUT2D eigenvalue weighted by molar-refractivity contribution is 7.14. The van der Waals surface area contributed by atoms with Crippen molar-refractivity contribution in [2.45, 2.75) is 44.2 Å². The van der Waals surface area contributed by atoms with Crippen LogP contribution in [0.2, 0.25) is 0 Å². The predicted octanol–water partition coefficient (Wildman–Crippen LogP) is 3.98. The van der Waals surface area contributed by atoms with E-state index in [2.05, 4.69) is 32.4 Å². The fourth-order valence-electron chi connectivity index (χ4n) is 3.93. The van der Waals surface area contributed by atoms with Crippen LogP contribution in [0.15, 0.2) is 22.2 Å². The van der Waals surface area contributed by atoms with E-state index in [1.54, 1.807) is 22.7 Å². The third-order valence-electron chi connectivity index (χ3n) is 5.14. The molecule has 0 aromatic carbocycles. The van der Waals surface area contributed by atoms with Crippen molar-refractivity contribution in [2.75, 3.05) is 19.6 Å². The molecule has 0 amide bonds. The van der Waals surface area contributed by atoms with Crippen molar-refractivity contribution >= 4 is 22.7 Å². The number of hydrogen-bond acceptors (Lipinski definition) is 5. The number of nitrogens with zero attached hydrogens (tertiary/aromatic N) is 2. The molecule has 3 heterocycles. The Balaban J connectivity index is 1.51. The highest BCUT2D eigenvalue weighted by Crippen LogP contribution is 2.36. The van der Waals surface area contributed by atoms with Gasteiger partial charge in [-0.25, -0.2) is 4.98 Å². The topological polar surface area (TPSA) is 28.2 Å². The zero-order valence-corrected chi connectivity index (χ0v) is 14.5. The highest BCUT2D eigenvalue weighted by Gasteiger charge is 2.39. The molecule has 0 unspecified atom stereocenters. The molecule has 2 aromatic rings. The van der Waals surface area contributed by atoms with Crippen LogP contribution < -0.4 is 5.32 Å². The summed E-state index contributed by atoms with van der Waals surface area (Å²) in [4.78, 5) is 7.61. The number of aromatic nitrogens is 1. The summed E-state index contributed by atoms with van der Waals surface area (Å²) in [6, 6.07) is 2.17. The first-order valence-electron chi connectivity index (χ1n) is 8.29. The third kappa shape index (κ3) is 2.87. The summed E-state index contributed by atoms with van der Waals surface area (Å²) in [5.74, 6) is 0. The van der Waals surface area contributed by atoms with E-state index in [0.29, 0.717) is 5.54 Å². The van der Waals surface area contributed by atoms with Crippen LogP contribution in [-0.4, -0.2) is 35.1 Å². The second kappa shape index (κ2) is 6.40. The Morgan fingerprint density at radius 3 is 2.95 bits per heavy atom. The van der Waals surface area contributed by atoms with Gasteiger partial charge in [0.15, 0.2) is 0 Å². The zero-order chi connectivity index (χ0) is 14.8. The molecule has 1 aliphatic carbocycles. The van der Waals surface area contributed by atoms with Crippen molar-refractivity contribution in [2.24, 2.45) is 0 Å². The molecule has 1 saturated heterocycles. The number of piperazine rings is 1. The van der Waals surface area contributed by atoms with Crippen LogP contribution in [0.5, 0.6) is 0 Å². The standard InChI is InChI=1S/C17H23N3S2/c1-2-5-17(6-3-1)13-18-7-8-20(17)10-15-12-22-16(19-15)14-4-9-21-11-14/h4,9,11-12,18H,1-3,5-8,10,13H2. The normalized spacial score (nSPS) is 22.2. The van der Waals surface area contributed by atoms with Crippen molar-refractivity contribution < 1.29 is 0 Å². The average Bonchev–Trinajstić information content (AvgIpc) is 3.22. The van der Waals surface area contributed by atoms with Crippen molar-refractivity contribution in [3.05, 3.63) is 27.9 Å². The van der Waals surface area contributed by atoms with Gasteiger partial charge in [0.05, 0.1) is 5.69 Å². The maximum Gasteiger partial charge on any atom is 0.124 e. The minimum Gasteiger partial charge on any atom is -0.314 e. The van der Waals surface area contributed by atoms with Gasteiger partial charge in [-0.1, -0.05) is 19.3 Å². The van der Waals surface area contributed by atoms with Crippen LogP contribution in [0.4, 0.5) is 0 Å². The molecule has 118 valence electrons. The lowest BCUT2D eigenvalue weighted by molar-refractivity contribution is 0.0201. The van der Waals surface area contributed by atoms with Gasteiger partial charge < -0.3 is 5.32 Å². The van der Waals surface area contributed by atoms with Crippen molar-refractivity contribution in [1.82, 2.24) is 15.2 Å². The largest absolute Gasteiger partial charge is 0.314 e. The fraction of sp³-hybridized carbons (Fsp3) is 0.588. The van der Waals surface area contributed by atoms with Crippen LogP contribution in [0.1, 0.15) is 37.8 Å². The Hall–Kier alpha value is -0.750. The van der Waals surface area contributed by atoms with Gasteiger partial charge >= 0.3 is 0 Å². The lowest BCUT2D eigenvalue weighted by atomic mass is 9.79. The number of hydrogen-bond donors (Lipinski definition) is 1. The summed E-state index contributed by atoms with van der Waals surface area (Å²) in [7, 11) is 0. The van der Waals surface area contributed by atoms with Crippen LogP contribution in [0, 0.1) is 0 Å². The number of thiophene rings is 1. The van der Waals surface area contributed by atoms with E-state index in [1.807, 2.05) is 0 Å².